The van der Waals surface area contributed by atoms with Crippen LogP contribution in [-0.2, 0) is 24.8 Å². The topological polar surface area (TPSA) is 60.4 Å². The highest BCUT2D eigenvalue weighted by molar-refractivity contribution is 7.97. The summed E-state index contributed by atoms with van der Waals surface area (Å²) in [5.74, 6) is -0.189. The van der Waals surface area contributed by atoms with Gasteiger partial charge >= 0.3 is 0 Å². The van der Waals surface area contributed by atoms with E-state index >= 15 is 0 Å². The van der Waals surface area contributed by atoms with Crippen molar-refractivity contribution in [2.24, 2.45) is 0 Å². The quantitative estimate of drug-likeness (QED) is 0.782. The number of benzene rings is 1. The maximum Gasteiger partial charge on any atom is 0.280 e. The van der Waals surface area contributed by atoms with E-state index < -0.39 is 21.2 Å². The fourth-order valence-corrected chi connectivity index (χ4v) is 2.54. The van der Waals surface area contributed by atoms with Crippen molar-refractivity contribution in [1.29, 1.82) is 0 Å². The van der Waals surface area contributed by atoms with Crippen molar-refractivity contribution in [2.75, 3.05) is 5.75 Å². The highest BCUT2D eigenvalue weighted by atomic mass is 32.3. The lowest BCUT2D eigenvalue weighted by Crippen LogP contribution is -2.10. The number of hydrogen-bond donors (Lipinski definition) is 0. The van der Waals surface area contributed by atoms with Crippen molar-refractivity contribution in [3.8, 4) is 0 Å². The van der Waals surface area contributed by atoms with Crippen LogP contribution in [0.15, 0.2) is 35.2 Å². The van der Waals surface area contributed by atoms with Crippen LogP contribution in [0.5, 0.6) is 0 Å². The largest absolute Gasteiger partial charge is 0.280 e. The monoisotopic (exact) mass is 234 g/mol. The molecule has 0 heterocycles. The lowest BCUT2D eigenvalue weighted by atomic mass is 10.4. The zero-order chi connectivity index (χ0) is 10.6. The van der Waals surface area contributed by atoms with Crippen LogP contribution < -0.4 is 0 Å². The van der Waals surface area contributed by atoms with Crippen LogP contribution in [0, 0.1) is 0 Å². The van der Waals surface area contributed by atoms with Crippen molar-refractivity contribution in [3.63, 3.8) is 0 Å². The van der Waals surface area contributed by atoms with Crippen LogP contribution in [0.2, 0.25) is 0 Å². The van der Waals surface area contributed by atoms with Gasteiger partial charge in [-0.15, -0.1) is 0 Å². The molecule has 0 N–H and O–H groups in total. The molecule has 1 unspecified atom stereocenters. The fraction of sp³-hybridized carbons (Fsp3) is 0.250. The maximum atomic E-state index is 11.3. The summed E-state index contributed by atoms with van der Waals surface area (Å²) in [7, 11) is -3.67. The van der Waals surface area contributed by atoms with E-state index in [2.05, 4.69) is 3.63 Å². The van der Waals surface area contributed by atoms with Gasteiger partial charge in [0, 0.05) is 0 Å². The first-order valence-electron chi connectivity index (χ1n) is 3.94. The average Bonchev–Trinajstić information content (AvgIpc) is 2.19. The molecule has 78 valence electrons. The van der Waals surface area contributed by atoms with Gasteiger partial charge in [0.2, 0.25) is 11.1 Å². The smallest absolute Gasteiger partial charge is 0.223 e. The summed E-state index contributed by atoms with van der Waals surface area (Å²) in [5, 5.41) is 0. The van der Waals surface area contributed by atoms with Gasteiger partial charge in [-0.05, 0) is 19.1 Å². The standard InChI is InChI=1S/C8H10O4S2/c1-2-14(10,11)12-13(9)8-6-4-3-5-7-8/h3-7H,2H2,1H3. The summed E-state index contributed by atoms with van der Waals surface area (Å²) in [4.78, 5) is 0.338. The lowest BCUT2D eigenvalue weighted by molar-refractivity contribution is 0.499. The van der Waals surface area contributed by atoms with E-state index in [0.29, 0.717) is 4.90 Å². The summed E-state index contributed by atoms with van der Waals surface area (Å²) >= 11 is -1.94. The lowest BCUT2D eigenvalue weighted by Gasteiger charge is -2.01. The third-order valence-corrected chi connectivity index (χ3v) is 4.14. The van der Waals surface area contributed by atoms with Crippen molar-refractivity contribution >= 4 is 21.2 Å². The minimum atomic E-state index is -3.67. The van der Waals surface area contributed by atoms with Gasteiger partial charge < -0.3 is 0 Å². The normalized spacial score (nSPS) is 13.8. The second-order valence-electron chi connectivity index (χ2n) is 2.46. The molecule has 0 radical (unpaired) electrons. The molecule has 4 nitrogen and oxygen atoms in total. The predicted molar refractivity (Wildman–Crippen MR) is 53.4 cm³/mol. The highest BCUT2D eigenvalue weighted by Gasteiger charge is 2.14. The van der Waals surface area contributed by atoms with Crippen molar-refractivity contribution < 1.29 is 16.3 Å². The Balaban J connectivity index is 2.79. The van der Waals surface area contributed by atoms with Gasteiger partial charge in [-0.3, -0.25) is 0 Å². The molecule has 0 aliphatic carbocycles. The van der Waals surface area contributed by atoms with Crippen LogP contribution in [0.3, 0.4) is 0 Å². The molecule has 0 amide bonds. The van der Waals surface area contributed by atoms with Gasteiger partial charge in [0.05, 0.1) is 10.6 Å². The molecular formula is C8H10O4S2. The zero-order valence-electron chi connectivity index (χ0n) is 7.54. The molecule has 0 saturated heterocycles. The Labute approximate surface area is 85.7 Å². The van der Waals surface area contributed by atoms with Crippen molar-refractivity contribution in [2.45, 2.75) is 11.8 Å². The molecule has 0 saturated carbocycles. The summed E-state index contributed by atoms with van der Waals surface area (Å²) in [6, 6.07) is 8.15. The van der Waals surface area contributed by atoms with Gasteiger partial charge in [-0.1, -0.05) is 18.2 Å². The molecule has 6 heteroatoms. The summed E-state index contributed by atoms with van der Waals surface area (Å²) in [6.07, 6.45) is 0. The van der Waals surface area contributed by atoms with Gasteiger partial charge in [-0.25, -0.2) is 4.21 Å². The van der Waals surface area contributed by atoms with E-state index in [-0.39, 0.29) is 5.75 Å². The van der Waals surface area contributed by atoms with Gasteiger partial charge in [-0.2, -0.15) is 12.0 Å². The second-order valence-corrected chi connectivity index (χ2v) is 5.64. The molecule has 0 spiro atoms. The fourth-order valence-electron chi connectivity index (χ4n) is 0.713. The van der Waals surface area contributed by atoms with E-state index in [0.717, 1.165) is 0 Å². The number of rotatable bonds is 4. The average molecular weight is 234 g/mol. The zero-order valence-corrected chi connectivity index (χ0v) is 9.18. The highest BCUT2D eigenvalue weighted by Crippen LogP contribution is 2.09. The Morgan fingerprint density at radius 2 is 1.86 bits per heavy atom. The van der Waals surface area contributed by atoms with Crippen LogP contribution in [-0.4, -0.2) is 18.4 Å². The Bertz CT molecular complexity index is 410. The molecule has 14 heavy (non-hydrogen) atoms. The van der Waals surface area contributed by atoms with Gasteiger partial charge in [0.15, 0.2) is 0 Å². The van der Waals surface area contributed by atoms with E-state index in [1.165, 1.54) is 6.92 Å². The Kier molecular flexibility index (Phi) is 3.79. The summed E-state index contributed by atoms with van der Waals surface area (Å²) in [5.41, 5.74) is 0. The Hall–Kier alpha value is -0.720. The van der Waals surface area contributed by atoms with Crippen LogP contribution in [0.25, 0.3) is 0 Å². The first-order valence-corrected chi connectivity index (χ1v) is 6.60. The molecule has 0 fully saturated rings. The third kappa shape index (κ3) is 3.21. The minimum Gasteiger partial charge on any atom is -0.223 e. The van der Waals surface area contributed by atoms with Crippen molar-refractivity contribution in [3.05, 3.63) is 30.3 Å². The molecule has 1 rings (SSSR count). The predicted octanol–water partition coefficient (Wildman–Crippen LogP) is 1.08. The first kappa shape index (κ1) is 11.4. The third-order valence-electron chi connectivity index (χ3n) is 1.45. The Morgan fingerprint density at radius 1 is 1.29 bits per heavy atom. The first-order chi connectivity index (χ1) is 6.55. The van der Waals surface area contributed by atoms with Crippen LogP contribution in [0.1, 0.15) is 6.92 Å². The van der Waals surface area contributed by atoms with Crippen molar-refractivity contribution in [1.82, 2.24) is 0 Å². The molecule has 1 aromatic rings. The minimum absolute atomic E-state index is 0.189. The molecule has 0 aliphatic heterocycles. The summed E-state index contributed by atoms with van der Waals surface area (Å²) < 4.78 is 37.7. The molecule has 0 bridgehead atoms. The maximum absolute atomic E-state index is 11.3. The molecule has 0 aliphatic rings. The number of hydrogen-bond acceptors (Lipinski definition) is 4. The van der Waals surface area contributed by atoms with E-state index in [1.807, 2.05) is 0 Å². The van der Waals surface area contributed by atoms with Gasteiger partial charge in [0.25, 0.3) is 10.1 Å². The van der Waals surface area contributed by atoms with E-state index in [9.17, 15) is 12.6 Å². The SMILES string of the molecule is CCS(=O)(=O)OS(=O)c1ccccc1. The van der Waals surface area contributed by atoms with Crippen LogP contribution >= 0.6 is 0 Å². The molecule has 1 atom stereocenters. The molecular weight excluding hydrogens is 224 g/mol. The summed E-state index contributed by atoms with van der Waals surface area (Å²) in [6.45, 7) is 1.43. The Morgan fingerprint density at radius 3 is 2.36 bits per heavy atom. The van der Waals surface area contributed by atoms with E-state index in [1.54, 1.807) is 30.3 Å². The van der Waals surface area contributed by atoms with Gasteiger partial charge in [0.1, 0.15) is 0 Å². The second kappa shape index (κ2) is 4.68. The molecule has 0 aromatic heterocycles. The van der Waals surface area contributed by atoms with Crippen LogP contribution in [0.4, 0.5) is 0 Å². The molecule has 1 aromatic carbocycles. The van der Waals surface area contributed by atoms with E-state index in [4.69, 9.17) is 0 Å².